The Hall–Kier alpha value is -0.980. The quantitative estimate of drug-likeness (QED) is 0.856. The number of piperidine rings is 1. The highest BCUT2D eigenvalue weighted by atomic mass is 32.2. The third kappa shape index (κ3) is 4.89. The van der Waals surface area contributed by atoms with Gasteiger partial charge >= 0.3 is 0 Å². The number of nitrogens with one attached hydrogen (secondary N) is 2. The number of rotatable bonds is 5. The maximum atomic E-state index is 12.7. The first kappa shape index (κ1) is 14.4. The van der Waals surface area contributed by atoms with E-state index in [4.69, 9.17) is 0 Å². The highest BCUT2D eigenvalue weighted by Gasteiger charge is 2.20. The fraction of sp³-hybridized carbons (Fsp3) is 0.538. The Bertz CT molecular complexity index is 496. The van der Waals surface area contributed by atoms with E-state index >= 15 is 0 Å². The molecule has 1 aromatic rings. The maximum Gasteiger partial charge on any atom is 0.212 e. The van der Waals surface area contributed by atoms with Gasteiger partial charge in [-0.1, -0.05) is 12.1 Å². The molecule has 4 nitrogen and oxygen atoms in total. The van der Waals surface area contributed by atoms with E-state index in [9.17, 15) is 12.8 Å². The average molecular weight is 286 g/mol. The number of benzene rings is 1. The maximum absolute atomic E-state index is 12.7. The number of hydrogen-bond acceptors (Lipinski definition) is 3. The van der Waals surface area contributed by atoms with Gasteiger partial charge in [0.2, 0.25) is 10.0 Å². The van der Waals surface area contributed by atoms with Crippen molar-refractivity contribution in [2.24, 2.45) is 5.92 Å². The van der Waals surface area contributed by atoms with E-state index in [1.165, 1.54) is 12.1 Å². The van der Waals surface area contributed by atoms with Crippen molar-refractivity contribution in [2.45, 2.75) is 19.4 Å². The minimum atomic E-state index is -3.27. The lowest BCUT2D eigenvalue weighted by atomic mass is 10.0. The zero-order valence-corrected chi connectivity index (χ0v) is 11.5. The zero-order valence-electron chi connectivity index (χ0n) is 10.7. The summed E-state index contributed by atoms with van der Waals surface area (Å²) in [4.78, 5) is 0. The summed E-state index contributed by atoms with van der Waals surface area (Å²) in [7, 11) is -3.27. The van der Waals surface area contributed by atoms with E-state index in [-0.39, 0.29) is 24.0 Å². The first-order valence-electron chi connectivity index (χ1n) is 6.48. The summed E-state index contributed by atoms with van der Waals surface area (Å²) in [5, 5.41) is 3.20. The second kappa shape index (κ2) is 6.45. The van der Waals surface area contributed by atoms with Crippen molar-refractivity contribution in [1.29, 1.82) is 0 Å². The van der Waals surface area contributed by atoms with Gasteiger partial charge in [0.1, 0.15) is 5.82 Å². The van der Waals surface area contributed by atoms with Crippen LogP contribution in [-0.2, 0) is 16.6 Å². The normalized spacial score (nSPS) is 20.4. The second-order valence-corrected chi connectivity index (χ2v) is 6.79. The molecule has 2 rings (SSSR count). The lowest BCUT2D eigenvalue weighted by Crippen LogP contribution is -2.37. The van der Waals surface area contributed by atoms with Gasteiger partial charge in [0.05, 0.1) is 5.75 Å². The number of sulfonamides is 1. The Kier molecular flexibility index (Phi) is 4.90. The molecule has 0 aromatic heterocycles. The highest BCUT2D eigenvalue weighted by molar-refractivity contribution is 7.89. The van der Waals surface area contributed by atoms with Crippen LogP contribution in [0.5, 0.6) is 0 Å². The van der Waals surface area contributed by atoms with E-state index in [0.29, 0.717) is 0 Å². The minimum Gasteiger partial charge on any atom is -0.316 e. The van der Waals surface area contributed by atoms with E-state index < -0.39 is 10.0 Å². The fourth-order valence-electron chi connectivity index (χ4n) is 2.23. The summed E-state index contributed by atoms with van der Waals surface area (Å²) in [6, 6.07) is 5.82. The van der Waals surface area contributed by atoms with E-state index in [1.807, 2.05) is 0 Å². The Morgan fingerprint density at radius 2 is 2.05 bits per heavy atom. The van der Waals surface area contributed by atoms with Gasteiger partial charge < -0.3 is 5.32 Å². The Morgan fingerprint density at radius 1 is 1.32 bits per heavy atom. The van der Waals surface area contributed by atoms with Crippen LogP contribution >= 0.6 is 0 Å². The van der Waals surface area contributed by atoms with Crippen LogP contribution in [0.15, 0.2) is 24.3 Å². The van der Waals surface area contributed by atoms with Crippen molar-refractivity contribution in [2.75, 3.05) is 18.8 Å². The molecular weight excluding hydrogens is 267 g/mol. The third-order valence-corrected chi connectivity index (χ3v) is 4.76. The van der Waals surface area contributed by atoms with Crippen LogP contribution in [-0.4, -0.2) is 27.3 Å². The molecule has 0 radical (unpaired) electrons. The van der Waals surface area contributed by atoms with E-state index in [1.54, 1.807) is 12.1 Å². The molecule has 19 heavy (non-hydrogen) atoms. The Balaban J connectivity index is 1.84. The predicted molar refractivity (Wildman–Crippen MR) is 72.6 cm³/mol. The van der Waals surface area contributed by atoms with Crippen LogP contribution in [0.3, 0.4) is 0 Å². The average Bonchev–Trinajstić information content (AvgIpc) is 2.39. The van der Waals surface area contributed by atoms with Gasteiger partial charge in [0.25, 0.3) is 0 Å². The number of halogens is 1. The summed E-state index contributed by atoms with van der Waals surface area (Å²) >= 11 is 0. The van der Waals surface area contributed by atoms with Crippen LogP contribution < -0.4 is 10.0 Å². The molecule has 0 bridgehead atoms. The van der Waals surface area contributed by atoms with Crippen molar-refractivity contribution in [3.05, 3.63) is 35.6 Å². The van der Waals surface area contributed by atoms with Gasteiger partial charge in [-0.15, -0.1) is 0 Å². The van der Waals surface area contributed by atoms with Crippen LogP contribution in [0.4, 0.5) is 4.39 Å². The van der Waals surface area contributed by atoms with E-state index in [0.717, 1.165) is 31.5 Å². The molecule has 0 aliphatic carbocycles. The molecule has 1 aromatic carbocycles. The lowest BCUT2D eigenvalue weighted by Gasteiger charge is -2.22. The molecule has 106 valence electrons. The topological polar surface area (TPSA) is 58.2 Å². The highest BCUT2D eigenvalue weighted by Crippen LogP contribution is 2.12. The van der Waals surface area contributed by atoms with Gasteiger partial charge in [-0.25, -0.2) is 17.5 Å². The van der Waals surface area contributed by atoms with Crippen molar-refractivity contribution >= 4 is 10.0 Å². The smallest absolute Gasteiger partial charge is 0.212 e. The van der Waals surface area contributed by atoms with Crippen molar-refractivity contribution in [1.82, 2.24) is 10.0 Å². The lowest BCUT2D eigenvalue weighted by molar-refractivity contribution is 0.402. The molecule has 1 atom stereocenters. The first-order valence-corrected chi connectivity index (χ1v) is 8.13. The molecule has 1 saturated heterocycles. The molecule has 0 amide bonds. The first-order chi connectivity index (χ1) is 9.05. The molecule has 1 aliphatic rings. The van der Waals surface area contributed by atoms with Crippen LogP contribution in [0.2, 0.25) is 0 Å². The van der Waals surface area contributed by atoms with Crippen molar-refractivity contribution in [3.8, 4) is 0 Å². The summed E-state index contributed by atoms with van der Waals surface area (Å²) < 4.78 is 39.1. The van der Waals surface area contributed by atoms with Crippen LogP contribution in [0, 0.1) is 11.7 Å². The van der Waals surface area contributed by atoms with Gasteiger partial charge in [-0.2, -0.15) is 0 Å². The molecule has 0 spiro atoms. The molecule has 1 heterocycles. The van der Waals surface area contributed by atoms with Gasteiger partial charge in [-0.3, -0.25) is 0 Å². The molecule has 1 unspecified atom stereocenters. The van der Waals surface area contributed by atoms with Gasteiger partial charge in [0.15, 0.2) is 0 Å². The molecule has 0 saturated carbocycles. The van der Waals surface area contributed by atoms with E-state index in [2.05, 4.69) is 10.0 Å². The summed E-state index contributed by atoms with van der Waals surface area (Å²) in [5.41, 5.74) is 0.756. The standard InChI is InChI=1S/C13H19FN2O2S/c14-13-5-3-11(4-6-13)9-16-19(17,18)10-12-2-1-7-15-8-12/h3-6,12,15-16H,1-2,7-10H2. The van der Waals surface area contributed by atoms with Crippen molar-refractivity contribution < 1.29 is 12.8 Å². The second-order valence-electron chi connectivity index (χ2n) is 4.94. The summed E-state index contributed by atoms with van der Waals surface area (Å²) in [6.45, 7) is 1.94. The Labute approximate surface area is 113 Å². The van der Waals surface area contributed by atoms with Gasteiger partial charge in [-0.05, 0) is 49.5 Å². The molecule has 2 N–H and O–H groups in total. The molecular formula is C13H19FN2O2S. The molecule has 1 aliphatic heterocycles. The number of hydrogen-bond donors (Lipinski definition) is 2. The zero-order chi connectivity index (χ0) is 13.7. The minimum absolute atomic E-state index is 0.154. The summed E-state index contributed by atoms with van der Waals surface area (Å²) in [6.07, 6.45) is 1.97. The van der Waals surface area contributed by atoms with Crippen LogP contribution in [0.25, 0.3) is 0 Å². The molecule has 1 fully saturated rings. The fourth-order valence-corrected chi connectivity index (χ4v) is 3.64. The van der Waals surface area contributed by atoms with Crippen LogP contribution in [0.1, 0.15) is 18.4 Å². The largest absolute Gasteiger partial charge is 0.316 e. The van der Waals surface area contributed by atoms with Crippen molar-refractivity contribution in [3.63, 3.8) is 0 Å². The molecule has 6 heteroatoms. The SMILES string of the molecule is O=S(=O)(CC1CCCNC1)NCc1ccc(F)cc1. The monoisotopic (exact) mass is 286 g/mol. The Morgan fingerprint density at radius 3 is 2.68 bits per heavy atom. The van der Waals surface area contributed by atoms with Gasteiger partial charge in [0, 0.05) is 6.54 Å². The third-order valence-electron chi connectivity index (χ3n) is 3.26. The predicted octanol–water partition coefficient (Wildman–Crippen LogP) is 1.24. The summed E-state index contributed by atoms with van der Waals surface area (Å²) in [5.74, 6) is 0.0145.